The normalized spacial score (nSPS) is 10.4. The smallest absolute Gasteiger partial charge is 0.236 e. The maximum absolute atomic E-state index is 11.0. The third-order valence-electron chi connectivity index (χ3n) is 1.51. The van der Waals surface area contributed by atoms with Gasteiger partial charge in [0.2, 0.25) is 5.91 Å². The number of hydrogen-bond acceptors (Lipinski definition) is 3. The highest BCUT2D eigenvalue weighted by Gasteiger charge is 2.01. The Morgan fingerprint density at radius 1 is 1.25 bits per heavy atom. The van der Waals surface area contributed by atoms with Gasteiger partial charge in [0.25, 0.3) is 0 Å². The van der Waals surface area contributed by atoms with E-state index in [0.717, 1.165) is 13.1 Å². The van der Waals surface area contributed by atoms with Gasteiger partial charge in [-0.05, 0) is 14.1 Å². The second-order valence-corrected chi connectivity index (χ2v) is 3.27. The van der Waals surface area contributed by atoms with Crippen LogP contribution in [0.1, 0.15) is 0 Å². The van der Waals surface area contributed by atoms with Crippen molar-refractivity contribution in [3.8, 4) is 0 Å². The van der Waals surface area contributed by atoms with Gasteiger partial charge in [-0.3, -0.25) is 4.79 Å². The van der Waals surface area contributed by atoms with Gasteiger partial charge in [-0.2, -0.15) is 0 Å². The summed E-state index contributed by atoms with van der Waals surface area (Å²) in [4.78, 5) is 14.7. The van der Waals surface area contributed by atoms with Gasteiger partial charge in [-0.1, -0.05) is 0 Å². The minimum Gasteiger partial charge on any atom is -0.348 e. The molecule has 0 aromatic carbocycles. The number of rotatable bonds is 5. The molecule has 1 amide bonds. The Labute approximate surface area is 74.5 Å². The first-order chi connectivity index (χ1) is 5.54. The summed E-state index contributed by atoms with van der Waals surface area (Å²) in [6.45, 7) is 2.24. The van der Waals surface area contributed by atoms with Gasteiger partial charge in [-0.25, -0.2) is 0 Å². The van der Waals surface area contributed by atoms with Crippen molar-refractivity contribution >= 4 is 5.91 Å². The van der Waals surface area contributed by atoms with E-state index < -0.39 is 0 Å². The maximum Gasteiger partial charge on any atom is 0.236 e. The van der Waals surface area contributed by atoms with Crippen LogP contribution in [0, 0.1) is 0 Å². The fourth-order valence-corrected chi connectivity index (χ4v) is 0.656. The Kier molecular flexibility index (Phi) is 5.66. The molecule has 4 nitrogen and oxygen atoms in total. The molecule has 0 aliphatic heterocycles. The third kappa shape index (κ3) is 6.12. The predicted octanol–water partition coefficient (Wildman–Crippen LogP) is -0.774. The van der Waals surface area contributed by atoms with Crippen LogP contribution in [0.4, 0.5) is 0 Å². The number of likely N-dealkylation sites (N-methyl/N-ethyl adjacent to an activating group) is 2. The number of amides is 1. The summed E-state index contributed by atoms with van der Waals surface area (Å²) in [6, 6.07) is 0. The molecule has 0 saturated heterocycles. The number of carbonyl (C=O) groups is 1. The van der Waals surface area contributed by atoms with E-state index in [0.29, 0.717) is 6.54 Å². The molecule has 0 aromatic heterocycles. The summed E-state index contributed by atoms with van der Waals surface area (Å²) >= 11 is 0. The highest BCUT2D eigenvalue weighted by Crippen LogP contribution is 1.76. The first-order valence-electron chi connectivity index (χ1n) is 4.09. The first-order valence-corrected chi connectivity index (χ1v) is 4.09. The Bertz CT molecular complexity index is 134. The topological polar surface area (TPSA) is 35.6 Å². The van der Waals surface area contributed by atoms with Gasteiger partial charge < -0.3 is 15.1 Å². The molecule has 0 heterocycles. The Hall–Kier alpha value is -0.610. The van der Waals surface area contributed by atoms with E-state index in [4.69, 9.17) is 0 Å². The number of hydrogen-bond donors (Lipinski definition) is 1. The van der Waals surface area contributed by atoms with E-state index in [2.05, 4.69) is 10.2 Å². The maximum atomic E-state index is 11.0. The van der Waals surface area contributed by atoms with Crippen LogP contribution in [0.3, 0.4) is 0 Å². The molecule has 0 fully saturated rings. The summed E-state index contributed by atoms with van der Waals surface area (Å²) in [6.07, 6.45) is 0. The summed E-state index contributed by atoms with van der Waals surface area (Å²) in [5.41, 5.74) is 0. The number of nitrogens with one attached hydrogen (secondary N) is 1. The quantitative estimate of drug-likeness (QED) is 0.554. The second kappa shape index (κ2) is 5.97. The van der Waals surface area contributed by atoms with E-state index in [9.17, 15) is 4.79 Å². The van der Waals surface area contributed by atoms with Gasteiger partial charge >= 0.3 is 0 Å². The largest absolute Gasteiger partial charge is 0.348 e. The van der Waals surface area contributed by atoms with Crippen LogP contribution in [0.5, 0.6) is 0 Å². The van der Waals surface area contributed by atoms with Crippen LogP contribution in [-0.2, 0) is 4.79 Å². The highest BCUT2D eigenvalue weighted by atomic mass is 16.2. The molecule has 0 spiro atoms. The molecule has 0 aromatic rings. The molecule has 72 valence electrons. The summed E-state index contributed by atoms with van der Waals surface area (Å²) < 4.78 is 0. The monoisotopic (exact) mass is 173 g/mol. The molecule has 0 bridgehead atoms. The lowest BCUT2D eigenvalue weighted by molar-refractivity contribution is -0.127. The molecular weight excluding hydrogens is 154 g/mol. The zero-order chi connectivity index (χ0) is 9.56. The zero-order valence-electron chi connectivity index (χ0n) is 8.42. The minimum absolute atomic E-state index is 0.119. The molecule has 0 unspecified atom stereocenters. The molecule has 0 aliphatic carbocycles. The lowest BCUT2D eigenvalue weighted by Gasteiger charge is -2.12. The lowest BCUT2D eigenvalue weighted by atomic mass is 10.5. The Morgan fingerprint density at radius 3 is 2.25 bits per heavy atom. The van der Waals surface area contributed by atoms with E-state index in [1.54, 1.807) is 19.0 Å². The first kappa shape index (κ1) is 11.4. The lowest BCUT2D eigenvalue weighted by Crippen LogP contribution is -2.36. The highest BCUT2D eigenvalue weighted by molar-refractivity contribution is 5.77. The third-order valence-corrected chi connectivity index (χ3v) is 1.51. The standard InChI is InChI=1S/C8H19N3O/c1-10(2)6-5-9-7-8(12)11(3)4/h9H,5-7H2,1-4H3. The van der Waals surface area contributed by atoms with Crippen LogP contribution in [0.25, 0.3) is 0 Å². The molecule has 1 N–H and O–H groups in total. The van der Waals surface area contributed by atoms with Crippen LogP contribution in [0.2, 0.25) is 0 Å². The van der Waals surface area contributed by atoms with Gasteiger partial charge in [0.1, 0.15) is 0 Å². The van der Waals surface area contributed by atoms with Crippen LogP contribution in [0.15, 0.2) is 0 Å². The molecular formula is C8H19N3O. The number of nitrogens with zero attached hydrogens (tertiary/aromatic N) is 2. The molecule has 0 aliphatic rings. The Balaban J connectivity index is 3.26. The predicted molar refractivity (Wildman–Crippen MR) is 50.1 cm³/mol. The van der Waals surface area contributed by atoms with Crippen LogP contribution < -0.4 is 5.32 Å². The van der Waals surface area contributed by atoms with Crippen molar-refractivity contribution in [3.05, 3.63) is 0 Å². The average Bonchev–Trinajstić information content (AvgIpc) is 1.97. The van der Waals surface area contributed by atoms with Crippen molar-refractivity contribution in [1.29, 1.82) is 0 Å². The molecule has 0 atom stereocenters. The second-order valence-electron chi connectivity index (χ2n) is 3.27. The molecule has 12 heavy (non-hydrogen) atoms. The van der Waals surface area contributed by atoms with Crippen molar-refractivity contribution in [2.45, 2.75) is 0 Å². The van der Waals surface area contributed by atoms with Gasteiger partial charge in [-0.15, -0.1) is 0 Å². The van der Waals surface area contributed by atoms with Gasteiger partial charge in [0, 0.05) is 27.2 Å². The fraction of sp³-hybridized carbons (Fsp3) is 0.875. The molecule has 4 heteroatoms. The number of carbonyl (C=O) groups excluding carboxylic acids is 1. The van der Waals surface area contributed by atoms with Crippen molar-refractivity contribution in [3.63, 3.8) is 0 Å². The van der Waals surface area contributed by atoms with Crippen molar-refractivity contribution < 1.29 is 4.79 Å². The van der Waals surface area contributed by atoms with Crippen LogP contribution >= 0.6 is 0 Å². The summed E-state index contributed by atoms with van der Waals surface area (Å²) in [5.74, 6) is 0.119. The van der Waals surface area contributed by atoms with E-state index in [1.165, 1.54) is 0 Å². The fourth-order valence-electron chi connectivity index (χ4n) is 0.656. The summed E-state index contributed by atoms with van der Waals surface area (Å²) in [7, 11) is 7.54. The van der Waals surface area contributed by atoms with Crippen LogP contribution in [-0.4, -0.2) is 63.5 Å². The molecule has 0 rings (SSSR count). The van der Waals surface area contributed by atoms with E-state index in [1.807, 2.05) is 14.1 Å². The van der Waals surface area contributed by atoms with E-state index >= 15 is 0 Å². The van der Waals surface area contributed by atoms with E-state index in [-0.39, 0.29) is 5.91 Å². The molecule has 0 saturated carbocycles. The average molecular weight is 173 g/mol. The molecule has 0 radical (unpaired) electrons. The van der Waals surface area contributed by atoms with Gasteiger partial charge in [0.15, 0.2) is 0 Å². The minimum atomic E-state index is 0.119. The Morgan fingerprint density at radius 2 is 1.83 bits per heavy atom. The zero-order valence-corrected chi connectivity index (χ0v) is 8.42. The van der Waals surface area contributed by atoms with Crippen molar-refractivity contribution in [2.24, 2.45) is 0 Å². The van der Waals surface area contributed by atoms with Gasteiger partial charge in [0.05, 0.1) is 6.54 Å². The summed E-state index contributed by atoms with van der Waals surface area (Å²) in [5, 5.41) is 3.06. The SMILES string of the molecule is CN(C)CCNCC(=O)N(C)C. The van der Waals surface area contributed by atoms with Crippen molar-refractivity contribution in [1.82, 2.24) is 15.1 Å². The van der Waals surface area contributed by atoms with Crippen molar-refractivity contribution in [2.75, 3.05) is 47.8 Å².